The molecule has 0 unspecified atom stereocenters. The maximum atomic E-state index is 13.3. The average Bonchev–Trinajstić information content (AvgIpc) is 3.03. The summed E-state index contributed by atoms with van der Waals surface area (Å²) in [6.45, 7) is 0. The molecule has 3 aliphatic heterocycles. The van der Waals surface area contributed by atoms with E-state index in [2.05, 4.69) is 0 Å². The number of para-hydroxylation sites is 1. The molecule has 144 valence electrons. The van der Waals surface area contributed by atoms with Crippen LogP contribution in [0.2, 0.25) is 0 Å². The molecular weight excluding hydrogens is 368 g/mol. The second-order valence-electron chi connectivity index (χ2n) is 7.64. The van der Waals surface area contributed by atoms with Crippen molar-refractivity contribution in [2.45, 2.75) is 6.04 Å². The lowest BCUT2D eigenvalue weighted by atomic mass is 9.65. The summed E-state index contributed by atoms with van der Waals surface area (Å²) in [5, 5.41) is 0. The van der Waals surface area contributed by atoms with Crippen LogP contribution in [0.5, 0.6) is 0 Å². The molecule has 2 fully saturated rings. The van der Waals surface area contributed by atoms with Gasteiger partial charge in [0.05, 0.1) is 29.5 Å². The van der Waals surface area contributed by atoms with Gasteiger partial charge in [0.1, 0.15) is 0 Å². The standard InChI is InChI=1S/C23H18N2O4/c1-24-19-16(20(26)13-8-4-2-5-9-13)12-15(21(24)27)17-18(19)23(29)25(22(17)28)14-10-6-3-7-11-14/h2-12,15,17-19H,1H3/t15-,17+,18+,19+/m1/s1. The molecule has 3 heterocycles. The molecule has 29 heavy (non-hydrogen) atoms. The maximum Gasteiger partial charge on any atom is 0.240 e. The van der Waals surface area contributed by atoms with Gasteiger partial charge in [-0.1, -0.05) is 54.6 Å². The Kier molecular flexibility index (Phi) is 3.77. The van der Waals surface area contributed by atoms with Gasteiger partial charge < -0.3 is 4.90 Å². The predicted molar refractivity (Wildman–Crippen MR) is 105 cm³/mol. The first-order chi connectivity index (χ1) is 14.0. The number of piperidine rings is 1. The summed E-state index contributed by atoms with van der Waals surface area (Å²) < 4.78 is 0. The Hall–Kier alpha value is -3.54. The molecule has 2 aromatic carbocycles. The van der Waals surface area contributed by atoms with E-state index in [4.69, 9.17) is 0 Å². The van der Waals surface area contributed by atoms with Gasteiger partial charge in [-0.2, -0.15) is 0 Å². The van der Waals surface area contributed by atoms with E-state index in [0.29, 0.717) is 16.8 Å². The number of hydrogen-bond acceptors (Lipinski definition) is 4. The number of rotatable bonds is 3. The van der Waals surface area contributed by atoms with Crippen LogP contribution in [0.3, 0.4) is 0 Å². The number of hydrogen-bond donors (Lipinski definition) is 0. The van der Waals surface area contributed by atoms with E-state index in [9.17, 15) is 19.2 Å². The number of likely N-dealkylation sites (N-methyl/N-ethyl adjacent to an activating group) is 1. The van der Waals surface area contributed by atoms with Crippen LogP contribution in [0.25, 0.3) is 0 Å². The number of carbonyl (C=O) groups is 4. The van der Waals surface area contributed by atoms with Crippen molar-refractivity contribution in [3.63, 3.8) is 0 Å². The van der Waals surface area contributed by atoms with Crippen molar-refractivity contribution in [2.24, 2.45) is 17.8 Å². The first kappa shape index (κ1) is 17.6. The van der Waals surface area contributed by atoms with Crippen molar-refractivity contribution in [3.05, 3.63) is 77.9 Å². The quantitative estimate of drug-likeness (QED) is 0.598. The minimum Gasteiger partial charge on any atom is -0.337 e. The minimum absolute atomic E-state index is 0.211. The summed E-state index contributed by atoms with van der Waals surface area (Å²) in [6, 6.07) is 16.8. The Morgan fingerprint density at radius 3 is 2.03 bits per heavy atom. The zero-order valence-corrected chi connectivity index (χ0v) is 15.7. The molecule has 6 rings (SSSR count). The average molecular weight is 386 g/mol. The van der Waals surface area contributed by atoms with Gasteiger partial charge in [0.2, 0.25) is 17.7 Å². The van der Waals surface area contributed by atoms with Gasteiger partial charge in [-0.3, -0.25) is 19.2 Å². The molecule has 6 nitrogen and oxygen atoms in total. The van der Waals surface area contributed by atoms with E-state index in [1.54, 1.807) is 67.7 Å². The number of imide groups is 1. The largest absolute Gasteiger partial charge is 0.337 e. The van der Waals surface area contributed by atoms with Crippen molar-refractivity contribution in [1.82, 2.24) is 4.90 Å². The van der Waals surface area contributed by atoms with E-state index in [0.717, 1.165) is 0 Å². The fraction of sp³-hybridized carbons (Fsp3) is 0.217. The smallest absolute Gasteiger partial charge is 0.240 e. The Balaban J connectivity index is 1.60. The van der Waals surface area contributed by atoms with Crippen LogP contribution >= 0.6 is 0 Å². The number of nitrogens with zero attached hydrogens (tertiary/aromatic N) is 2. The molecule has 0 aromatic heterocycles. The number of anilines is 1. The fourth-order valence-electron chi connectivity index (χ4n) is 4.86. The molecule has 6 heteroatoms. The summed E-state index contributed by atoms with van der Waals surface area (Å²) in [7, 11) is 1.60. The number of fused-ring (bicyclic) bond motifs is 1. The summed E-state index contributed by atoms with van der Waals surface area (Å²) in [6.07, 6.45) is 1.61. The summed E-state index contributed by atoms with van der Waals surface area (Å²) in [5.41, 5.74) is 1.41. The second kappa shape index (κ2) is 6.24. The van der Waals surface area contributed by atoms with Gasteiger partial charge in [-0.05, 0) is 12.1 Å². The Morgan fingerprint density at radius 1 is 0.793 bits per heavy atom. The van der Waals surface area contributed by atoms with Crippen LogP contribution in [-0.4, -0.2) is 41.5 Å². The first-order valence-corrected chi connectivity index (χ1v) is 9.51. The number of benzene rings is 2. The zero-order chi connectivity index (χ0) is 20.3. The van der Waals surface area contributed by atoms with Crippen molar-refractivity contribution in [3.8, 4) is 0 Å². The van der Waals surface area contributed by atoms with Gasteiger partial charge in [-0.15, -0.1) is 0 Å². The van der Waals surface area contributed by atoms with Crippen LogP contribution in [0, 0.1) is 17.8 Å². The van der Waals surface area contributed by atoms with E-state index in [-0.39, 0.29) is 23.5 Å². The number of ketones is 1. The molecule has 0 radical (unpaired) electrons. The summed E-state index contributed by atoms with van der Waals surface area (Å²) in [5.74, 6) is -3.47. The van der Waals surface area contributed by atoms with Crippen LogP contribution < -0.4 is 4.90 Å². The highest BCUT2D eigenvalue weighted by Crippen LogP contribution is 2.49. The third kappa shape index (κ3) is 2.35. The molecule has 3 amide bonds. The third-order valence-corrected chi connectivity index (χ3v) is 6.17. The first-order valence-electron chi connectivity index (χ1n) is 9.51. The molecule has 4 atom stereocenters. The topological polar surface area (TPSA) is 74.8 Å². The van der Waals surface area contributed by atoms with Gasteiger partial charge >= 0.3 is 0 Å². The summed E-state index contributed by atoms with van der Waals surface area (Å²) >= 11 is 0. The number of Topliss-reactive ketones (excluding diaryl/α,β-unsaturated/α-hetero) is 1. The molecule has 1 aliphatic carbocycles. The fourth-order valence-corrected chi connectivity index (χ4v) is 4.86. The highest BCUT2D eigenvalue weighted by molar-refractivity contribution is 6.25. The third-order valence-electron chi connectivity index (χ3n) is 6.17. The van der Waals surface area contributed by atoms with Crippen molar-refractivity contribution in [1.29, 1.82) is 0 Å². The van der Waals surface area contributed by atoms with E-state index >= 15 is 0 Å². The lowest BCUT2D eigenvalue weighted by Crippen LogP contribution is -2.60. The SMILES string of the molecule is CN1C(=O)[C@@H]2C=C(C(=O)c3ccccc3)[C@H]1[C@H]1C(=O)N(c3ccccc3)C(=O)[C@H]12. The van der Waals surface area contributed by atoms with Gasteiger partial charge in [0.15, 0.2) is 5.78 Å². The van der Waals surface area contributed by atoms with Gasteiger partial charge in [0.25, 0.3) is 0 Å². The monoisotopic (exact) mass is 386 g/mol. The second-order valence-corrected chi connectivity index (χ2v) is 7.64. The lowest BCUT2D eigenvalue weighted by molar-refractivity contribution is -0.149. The van der Waals surface area contributed by atoms with Crippen LogP contribution in [0.15, 0.2) is 72.3 Å². The highest BCUT2D eigenvalue weighted by atomic mass is 16.2. The van der Waals surface area contributed by atoms with Gasteiger partial charge in [0, 0.05) is 18.2 Å². The molecule has 2 aromatic rings. The number of amides is 3. The molecule has 0 saturated carbocycles. The Labute approximate surface area is 167 Å². The minimum atomic E-state index is -0.803. The zero-order valence-electron chi connectivity index (χ0n) is 15.7. The van der Waals surface area contributed by atoms with E-state index in [1.807, 2.05) is 6.07 Å². The highest BCUT2D eigenvalue weighted by Gasteiger charge is 2.64. The van der Waals surface area contributed by atoms with Crippen LogP contribution in [0.1, 0.15) is 10.4 Å². The normalized spacial score (nSPS) is 27.9. The van der Waals surface area contributed by atoms with Crippen molar-refractivity contribution in [2.75, 3.05) is 11.9 Å². The maximum absolute atomic E-state index is 13.3. The Bertz CT molecular complexity index is 1080. The van der Waals surface area contributed by atoms with Crippen molar-refractivity contribution >= 4 is 29.2 Å². The number of carbonyl (C=O) groups excluding carboxylic acids is 4. The van der Waals surface area contributed by atoms with E-state index in [1.165, 1.54) is 9.80 Å². The molecule has 0 N–H and O–H groups in total. The van der Waals surface area contributed by atoms with Gasteiger partial charge in [-0.25, -0.2) is 4.90 Å². The van der Waals surface area contributed by atoms with Crippen molar-refractivity contribution < 1.29 is 19.2 Å². The molecule has 2 bridgehead atoms. The van der Waals surface area contributed by atoms with Crippen LogP contribution in [0.4, 0.5) is 5.69 Å². The lowest BCUT2D eigenvalue weighted by Gasteiger charge is -2.46. The molecule has 4 aliphatic rings. The molecule has 0 spiro atoms. The van der Waals surface area contributed by atoms with Crippen LogP contribution in [-0.2, 0) is 14.4 Å². The molecular formula is C23H18N2O4. The Morgan fingerprint density at radius 2 is 1.38 bits per heavy atom. The van der Waals surface area contributed by atoms with E-state index < -0.39 is 23.8 Å². The predicted octanol–water partition coefficient (Wildman–Crippen LogP) is 2.07. The molecule has 2 saturated heterocycles. The summed E-state index contributed by atoms with van der Waals surface area (Å²) in [4.78, 5) is 55.1.